The minimum atomic E-state index is -0.257. The monoisotopic (exact) mass is 362 g/mol. The highest BCUT2D eigenvalue weighted by atomic mass is 32.2. The van der Waals surface area contributed by atoms with Crippen LogP contribution in [0.1, 0.15) is 44.4 Å². The summed E-state index contributed by atoms with van der Waals surface area (Å²) in [7, 11) is 0. The van der Waals surface area contributed by atoms with Crippen LogP contribution in [-0.4, -0.2) is 28.8 Å². The molecule has 0 radical (unpaired) electrons. The van der Waals surface area contributed by atoms with Crippen molar-refractivity contribution >= 4 is 17.7 Å². The van der Waals surface area contributed by atoms with Crippen molar-refractivity contribution in [2.75, 3.05) is 12.9 Å². The molecule has 2 atom stereocenters. The number of hydrogen-bond donors (Lipinski definition) is 1. The number of carbonyl (C=O) groups is 1. The van der Waals surface area contributed by atoms with Crippen molar-refractivity contribution in [1.82, 2.24) is 9.97 Å². The summed E-state index contributed by atoms with van der Waals surface area (Å²) in [6.45, 7) is 6.80. The van der Waals surface area contributed by atoms with Crippen LogP contribution in [0.5, 0.6) is 0 Å². The minimum Gasteiger partial charge on any atom is -0.461 e. The van der Waals surface area contributed by atoms with Crippen LogP contribution in [0.3, 0.4) is 0 Å². The van der Waals surface area contributed by atoms with Crippen LogP contribution in [0.15, 0.2) is 21.6 Å². The predicted molar refractivity (Wildman–Crippen MR) is 98.7 cm³/mol. The van der Waals surface area contributed by atoms with Gasteiger partial charge in [-0.2, -0.15) is 0 Å². The zero-order valence-electron chi connectivity index (χ0n) is 15.3. The zero-order valence-corrected chi connectivity index (χ0v) is 16.2. The number of rotatable bonds is 6. The number of carbonyl (C=O) groups excluding carboxylic acids is 1. The normalized spacial score (nSPS) is 23.6. The summed E-state index contributed by atoms with van der Waals surface area (Å²) < 4.78 is 5.47. The number of H-pyrrole nitrogens is 1. The lowest BCUT2D eigenvalue weighted by Crippen LogP contribution is -2.48. The molecular formula is C19H26N2O3S. The molecule has 0 amide bonds. The quantitative estimate of drug-likeness (QED) is 0.364. The lowest BCUT2D eigenvalue weighted by molar-refractivity contribution is -0.143. The Hall–Kier alpha value is -1.56. The number of allylic oxidation sites excluding steroid dienone is 1. The molecule has 3 aliphatic carbocycles. The van der Waals surface area contributed by atoms with E-state index in [1.54, 1.807) is 6.92 Å². The Morgan fingerprint density at radius 1 is 1.48 bits per heavy atom. The van der Waals surface area contributed by atoms with E-state index in [4.69, 9.17) is 4.74 Å². The Morgan fingerprint density at radius 2 is 2.24 bits per heavy atom. The molecule has 0 aliphatic heterocycles. The number of nitrogens with zero attached hydrogens (tertiary/aromatic N) is 1. The zero-order chi connectivity index (χ0) is 18.2. The summed E-state index contributed by atoms with van der Waals surface area (Å²) in [6, 6.07) is 0. The highest BCUT2D eigenvalue weighted by molar-refractivity contribution is 7.98. The summed E-state index contributed by atoms with van der Waals surface area (Å²) in [4.78, 5) is 31.2. The molecule has 0 spiro atoms. The Labute approximate surface area is 152 Å². The average Bonchev–Trinajstić information content (AvgIpc) is 2.58. The Bertz CT molecular complexity index is 766. The van der Waals surface area contributed by atoms with Crippen LogP contribution in [0, 0.1) is 24.2 Å². The van der Waals surface area contributed by atoms with E-state index in [-0.39, 0.29) is 17.9 Å². The van der Waals surface area contributed by atoms with Crippen molar-refractivity contribution < 1.29 is 9.53 Å². The van der Waals surface area contributed by atoms with Gasteiger partial charge in [0.2, 0.25) is 0 Å². The van der Waals surface area contributed by atoms with Crippen LogP contribution >= 0.6 is 11.8 Å². The van der Waals surface area contributed by atoms with Crippen LogP contribution in [0.2, 0.25) is 0 Å². The second kappa shape index (κ2) is 6.98. The van der Waals surface area contributed by atoms with Crippen LogP contribution < -0.4 is 5.56 Å². The number of aryl methyl sites for hydroxylation is 1. The largest absolute Gasteiger partial charge is 0.461 e. The molecule has 136 valence electrons. The maximum Gasteiger partial charge on any atom is 0.306 e. The lowest BCUT2D eigenvalue weighted by atomic mass is 9.49. The molecule has 3 aliphatic rings. The van der Waals surface area contributed by atoms with Gasteiger partial charge >= 0.3 is 5.97 Å². The smallest absolute Gasteiger partial charge is 0.306 e. The predicted octanol–water partition coefficient (Wildman–Crippen LogP) is 3.27. The number of nitrogens with one attached hydrogen (secondary N) is 1. The van der Waals surface area contributed by atoms with Gasteiger partial charge in [0.15, 0.2) is 5.16 Å². The van der Waals surface area contributed by atoms with E-state index in [2.05, 4.69) is 29.9 Å². The summed E-state index contributed by atoms with van der Waals surface area (Å²) in [5.41, 5.74) is 2.68. The van der Waals surface area contributed by atoms with Crippen molar-refractivity contribution in [3.63, 3.8) is 0 Å². The van der Waals surface area contributed by atoms with Gasteiger partial charge in [0.05, 0.1) is 0 Å². The standard InChI is InChI=1S/C19H26N2O3S/c1-11-14(17(23)21-18(20-11)25-4)7-8-16(22)24-10-12-5-6-13-9-15(12)19(13,2)3/h5,13,15H,6-10H2,1-4H3,(H,20,21,23)/t13-,15-/m0/s1. The average molecular weight is 362 g/mol. The Balaban J connectivity index is 1.53. The molecule has 5 nitrogen and oxygen atoms in total. The molecule has 1 heterocycles. The summed E-state index contributed by atoms with van der Waals surface area (Å²) in [5, 5.41) is 0.597. The summed E-state index contributed by atoms with van der Waals surface area (Å²) in [5.74, 6) is 1.07. The van der Waals surface area contributed by atoms with Crippen LogP contribution in [0.25, 0.3) is 0 Å². The van der Waals surface area contributed by atoms with Crippen LogP contribution in [-0.2, 0) is 16.0 Å². The molecular weight excluding hydrogens is 336 g/mol. The fraction of sp³-hybridized carbons (Fsp3) is 0.632. The van der Waals surface area contributed by atoms with Gasteiger partial charge in [-0.25, -0.2) is 4.98 Å². The Morgan fingerprint density at radius 3 is 2.84 bits per heavy atom. The lowest BCUT2D eigenvalue weighted by Gasteiger charge is -2.56. The molecule has 4 rings (SSSR count). The van der Waals surface area contributed by atoms with E-state index >= 15 is 0 Å². The van der Waals surface area contributed by atoms with Crippen LogP contribution in [0.4, 0.5) is 0 Å². The fourth-order valence-corrected chi connectivity index (χ4v) is 4.50. The molecule has 0 saturated heterocycles. The van der Waals surface area contributed by atoms with E-state index in [0.717, 1.165) is 12.3 Å². The van der Waals surface area contributed by atoms with Gasteiger partial charge < -0.3 is 9.72 Å². The van der Waals surface area contributed by atoms with Crippen molar-refractivity contribution in [3.05, 3.63) is 33.3 Å². The van der Waals surface area contributed by atoms with Gasteiger partial charge in [-0.15, -0.1) is 0 Å². The third kappa shape index (κ3) is 3.54. The molecule has 1 fully saturated rings. The van der Waals surface area contributed by atoms with E-state index < -0.39 is 0 Å². The maximum atomic E-state index is 12.1. The van der Waals surface area contributed by atoms with E-state index in [1.807, 2.05) is 6.26 Å². The maximum absolute atomic E-state index is 12.1. The van der Waals surface area contributed by atoms with E-state index in [1.165, 1.54) is 23.8 Å². The van der Waals surface area contributed by atoms with Gasteiger partial charge in [-0.1, -0.05) is 31.7 Å². The van der Waals surface area contributed by atoms with Crippen molar-refractivity contribution in [1.29, 1.82) is 0 Å². The van der Waals surface area contributed by atoms with Gasteiger partial charge in [0.25, 0.3) is 5.56 Å². The number of aromatic amines is 1. The molecule has 25 heavy (non-hydrogen) atoms. The second-order valence-corrected chi connectivity index (χ2v) is 8.42. The van der Waals surface area contributed by atoms with Gasteiger partial charge in [0, 0.05) is 17.7 Å². The number of esters is 1. The first kappa shape index (κ1) is 18.2. The number of hydrogen-bond acceptors (Lipinski definition) is 5. The molecule has 1 aromatic heterocycles. The first-order chi connectivity index (χ1) is 11.8. The minimum absolute atomic E-state index is 0.165. The highest BCUT2D eigenvalue weighted by Gasteiger charge is 2.51. The first-order valence-electron chi connectivity index (χ1n) is 8.81. The SMILES string of the molecule is CSc1nc(C)c(CCC(=O)OCC2=CC[C@H]3C[C@@H]2C3(C)C)c(=O)[nH]1. The van der Waals surface area contributed by atoms with Gasteiger partial charge in [-0.05, 0) is 55.3 Å². The third-order valence-electron chi connectivity index (χ3n) is 5.96. The van der Waals surface area contributed by atoms with Crippen molar-refractivity contribution in [3.8, 4) is 0 Å². The molecule has 1 N–H and O–H groups in total. The number of ether oxygens (including phenoxy) is 1. The number of thioether (sulfide) groups is 1. The topological polar surface area (TPSA) is 72.0 Å². The van der Waals surface area contributed by atoms with Gasteiger partial charge in [-0.3, -0.25) is 9.59 Å². The highest BCUT2D eigenvalue weighted by Crippen LogP contribution is 2.59. The van der Waals surface area contributed by atoms with E-state index in [0.29, 0.717) is 40.8 Å². The van der Waals surface area contributed by atoms with E-state index in [9.17, 15) is 9.59 Å². The number of fused-ring (bicyclic) bond motifs is 1. The molecule has 0 unspecified atom stereocenters. The third-order valence-corrected chi connectivity index (χ3v) is 6.54. The summed E-state index contributed by atoms with van der Waals surface area (Å²) >= 11 is 1.39. The molecule has 0 aromatic carbocycles. The summed E-state index contributed by atoms with van der Waals surface area (Å²) in [6.07, 6.45) is 6.99. The molecule has 6 heteroatoms. The van der Waals surface area contributed by atoms with Crippen molar-refractivity contribution in [2.45, 2.75) is 51.6 Å². The first-order valence-corrected chi connectivity index (χ1v) is 10.0. The number of aromatic nitrogens is 2. The van der Waals surface area contributed by atoms with Gasteiger partial charge in [0.1, 0.15) is 6.61 Å². The van der Waals surface area contributed by atoms with Crippen molar-refractivity contribution in [2.24, 2.45) is 17.3 Å². The Kier molecular flexibility index (Phi) is 5.09. The molecule has 2 bridgehead atoms. The molecule has 1 aromatic rings. The fourth-order valence-electron chi connectivity index (χ4n) is 4.08. The second-order valence-electron chi connectivity index (χ2n) is 7.62. The molecule has 1 saturated carbocycles.